The van der Waals surface area contributed by atoms with E-state index in [1.807, 2.05) is 17.0 Å². The van der Waals surface area contributed by atoms with Crippen LogP contribution in [0, 0.1) is 0 Å². The predicted octanol–water partition coefficient (Wildman–Crippen LogP) is 6.69. The molecule has 160 valence electrons. The van der Waals surface area contributed by atoms with Gasteiger partial charge in [0.05, 0.1) is 26.8 Å². The molecule has 8 heteroatoms. The molecule has 30 heavy (non-hydrogen) atoms. The van der Waals surface area contributed by atoms with E-state index in [1.165, 1.54) is 0 Å². The average molecular weight is 453 g/mol. The highest BCUT2D eigenvalue weighted by Crippen LogP contribution is 2.42. The van der Waals surface area contributed by atoms with Crippen LogP contribution in [0.3, 0.4) is 0 Å². The number of anilines is 2. The lowest BCUT2D eigenvalue weighted by atomic mass is 10.0. The summed E-state index contributed by atoms with van der Waals surface area (Å²) in [7, 11) is 0. The molecule has 0 spiro atoms. The molecular weight excluding hydrogens is 429 g/mol. The van der Waals surface area contributed by atoms with Crippen LogP contribution < -0.4 is 10.2 Å². The predicted molar refractivity (Wildman–Crippen MR) is 121 cm³/mol. The largest absolute Gasteiger partial charge is 0.385 e. The van der Waals surface area contributed by atoms with Crippen LogP contribution in [0.4, 0.5) is 20.2 Å². The van der Waals surface area contributed by atoms with Gasteiger partial charge in [-0.25, -0.2) is 13.8 Å². The maximum Gasteiger partial charge on any atom is 0.251 e. The van der Waals surface area contributed by atoms with Gasteiger partial charge in [-0.1, -0.05) is 42.3 Å². The van der Waals surface area contributed by atoms with Crippen molar-refractivity contribution in [2.75, 3.05) is 29.9 Å². The first kappa shape index (κ1) is 21.2. The minimum Gasteiger partial charge on any atom is -0.385 e. The number of alkyl halides is 2. The van der Waals surface area contributed by atoms with Gasteiger partial charge >= 0.3 is 0 Å². The van der Waals surface area contributed by atoms with Crippen LogP contribution in [0.25, 0.3) is 11.0 Å². The molecule has 3 aromatic rings. The van der Waals surface area contributed by atoms with Crippen molar-refractivity contribution in [1.29, 1.82) is 0 Å². The molecule has 0 amide bonds. The molecule has 1 aliphatic heterocycles. The highest BCUT2D eigenvalue weighted by Gasteiger charge is 2.35. The highest BCUT2D eigenvalue weighted by atomic mass is 35.5. The fraction of sp³-hybridized carbons (Fsp3) is 0.409. The molecular formula is C22H24Cl2F2N4. The number of benzene rings is 2. The number of imidazole rings is 1. The maximum absolute atomic E-state index is 13.6. The molecule has 4 nitrogen and oxygen atoms in total. The molecule has 0 bridgehead atoms. The Hall–Kier alpha value is -2.05. The Morgan fingerprint density at radius 2 is 1.87 bits per heavy atom. The zero-order valence-electron chi connectivity index (χ0n) is 16.9. The Kier molecular flexibility index (Phi) is 5.82. The van der Waals surface area contributed by atoms with E-state index < -0.39 is 5.92 Å². The van der Waals surface area contributed by atoms with E-state index in [2.05, 4.69) is 36.3 Å². The molecule has 4 rings (SSSR count). The highest BCUT2D eigenvalue weighted by molar-refractivity contribution is 6.42. The van der Waals surface area contributed by atoms with Crippen LogP contribution in [-0.4, -0.2) is 35.5 Å². The van der Waals surface area contributed by atoms with E-state index in [9.17, 15) is 8.78 Å². The number of piperidine rings is 1. The molecule has 1 atom stereocenters. The number of nitrogens with zero attached hydrogens (tertiary/aromatic N) is 2. The topological polar surface area (TPSA) is 44.0 Å². The zero-order chi connectivity index (χ0) is 21.5. The number of aromatic amines is 1. The molecule has 1 saturated heterocycles. The lowest BCUT2D eigenvalue weighted by molar-refractivity contribution is -0.0220. The van der Waals surface area contributed by atoms with Gasteiger partial charge < -0.3 is 15.2 Å². The second-order valence-electron chi connectivity index (χ2n) is 7.75. The quantitative estimate of drug-likeness (QED) is 0.453. The van der Waals surface area contributed by atoms with Gasteiger partial charge in [-0.3, -0.25) is 0 Å². The van der Waals surface area contributed by atoms with Gasteiger partial charge in [0.2, 0.25) is 0 Å². The number of H-pyrrole nitrogens is 1. The van der Waals surface area contributed by atoms with Crippen molar-refractivity contribution in [3.8, 4) is 0 Å². The summed E-state index contributed by atoms with van der Waals surface area (Å²) in [6.45, 7) is 5.43. The summed E-state index contributed by atoms with van der Waals surface area (Å²) in [6, 6.07) is 10.00. The number of aromatic nitrogens is 2. The van der Waals surface area contributed by atoms with Gasteiger partial charge in [-0.15, -0.1) is 0 Å². The van der Waals surface area contributed by atoms with Gasteiger partial charge in [0.1, 0.15) is 5.82 Å². The number of halogens is 4. The van der Waals surface area contributed by atoms with Crippen molar-refractivity contribution in [3.63, 3.8) is 0 Å². The van der Waals surface area contributed by atoms with Crippen LogP contribution in [-0.2, 0) is 0 Å². The normalized spacial score (nSPS) is 17.3. The number of hydrogen-bond donors (Lipinski definition) is 2. The van der Waals surface area contributed by atoms with Crippen molar-refractivity contribution >= 4 is 45.6 Å². The molecule has 0 saturated carbocycles. The fourth-order valence-electron chi connectivity index (χ4n) is 3.89. The van der Waals surface area contributed by atoms with Crippen molar-refractivity contribution in [1.82, 2.24) is 9.97 Å². The first-order valence-corrected chi connectivity index (χ1v) is 10.9. The average Bonchev–Trinajstić information content (AvgIpc) is 3.14. The summed E-state index contributed by atoms with van der Waals surface area (Å²) in [5.41, 5.74) is 4.14. The Morgan fingerprint density at radius 1 is 1.20 bits per heavy atom. The monoisotopic (exact) mass is 452 g/mol. The zero-order valence-corrected chi connectivity index (χ0v) is 18.4. The van der Waals surface area contributed by atoms with Gasteiger partial charge in [0.15, 0.2) is 0 Å². The second-order valence-corrected chi connectivity index (χ2v) is 8.54. The van der Waals surface area contributed by atoms with E-state index in [-0.39, 0.29) is 31.8 Å². The van der Waals surface area contributed by atoms with Gasteiger partial charge in [-0.2, -0.15) is 0 Å². The maximum atomic E-state index is 13.6. The molecule has 0 unspecified atom stereocenters. The van der Waals surface area contributed by atoms with E-state index in [1.54, 1.807) is 6.07 Å². The van der Waals surface area contributed by atoms with E-state index >= 15 is 0 Å². The van der Waals surface area contributed by atoms with Crippen LogP contribution in [0.15, 0.2) is 30.3 Å². The minimum atomic E-state index is -2.63. The third-order valence-corrected chi connectivity index (χ3v) is 6.34. The molecule has 1 aliphatic rings. The SMILES string of the molecule is CCNc1ccc([C@H](C)c2nc3cc(Cl)c(N4CCC(F)(F)CC4)c(Cl)c3[nH]2)cc1. The molecule has 0 radical (unpaired) electrons. The summed E-state index contributed by atoms with van der Waals surface area (Å²) in [6.07, 6.45) is -0.405. The van der Waals surface area contributed by atoms with Gasteiger partial charge in [0, 0.05) is 44.1 Å². The Morgan fingerprint density at radius 3 is 2.50 bits per heavy atom. The standard InChI is InChI=1S/C22H24Cl2F2N4/c1-3-27-15-6-4-14(5-7-15)13(2)21-28-17-12-16(23)20(18(24)19(17)29-21)30-10-8-22(25,26)9-11-30/h4-7,12-13,27H,3,8-11H2,1-2H3,(H,28,29)/t13-/m0/s1. The van der Waals surface area contributed by atoms with Crippen LogP contribution in [0.1, 0.15) is 44.0 Å². The van der Waals surface area contributed by atoms with Crippen molar-refractivity contribution < 1.29 is 8.78 Å². The van der Waals surface area contributed by atoms with Crippen molar-refractivity contribution in [3.05, 3.63) is 51.8 Å². The number of rotatable bonds is 5. The van der Waals surface area contributed by atoms with Gasteiger partial charge in [-0.05, 0) is 30.7 Å². The van der Waals surface area contributed by atoms with E-state index in [4.69, 9.17) is 28.2 Å². The minimum absolute atomic E-state index is 0.0278. The summed E-state index contributed by atoms with van der Waals surface area (Å²) in [5, 5.41) is 4.14. The number of hydrogen-bond acceptors (Lipinski definition) is 3. The lowest BCUT2D eigenvalue weighted by Gasteiger charge is -2.34. The van der Waals surface area contributed by atoms with Crippen molar-refractivity contribution in [2.45, 2.75) is 38.5 Å². The Bertz CT molecular complexity index is 1040. The van der Waals surface area contributed by atoms with E-state index in [0.717, 1.165) is 23.6 Å². The van der Waals surface area contributed by atoms with Gasteiger partial charge in [0.25, 0.3) is 5.92 Å². The lowest BCUT2D eigenvalue weighted by Crippen LogP contribution is -2.39. The molecule has 2 aromatic carbocycles. The molecule has 1 fully saturated rings. The molecule has 1 aromatic heterocycles. The Balaban J connectivity index is 1.65. The summed E-state index contributed by atoms with van der Waals surface area (Å²) >= 11 is 13.2. The van der Waals surface area contributed by atoms with Crippen LogP contribution >= 0.6 is 23.2 Å². The Labute approximate surface area is 184 Å². The summed E-state index contributed by atoms with van der Waals surface area (Å²) in [5.74, 6) is -1.82. The third kappa shape index (κ3) is 4.08. The van der Waals surface area contributed by atoms with Crippen molar-refractivity contribution in [2.24, 2.45) is 0 Å². The number of nitrogens with one attached hydrogen (secondary N) is 2. The third-order valence-electron chi connectivity index (χ3n) is 5.68. The summed E-state index contributed by atoms with van der Waals surface area (Å²) < 4.78 is 27.1. The molecule has 0 aliphatic carbocycles. The smallest absolute Gasteiger partial charge is 0.251 e. The first-order valence-electron chi connectivity index (χ1n) is 10.1. The van der Waals surface area contributed by atoms with Crippen LogP contribution in [0.5, 0.6) is 0 Å². The summed E-state index contributed by atoms with van der Waals surface area (Å²) in [4.78, 5) is 9.87. The first-order chi connectivity index (χ1) is 14.3. The fourth-order valence-corrected chi connectivity index (χ4v) is 4.62. The molecule has 2 N–H and O–H groups in total. The van der Waals surface area contributed by atoms with E-state index in [0.29, 0.717) is 26.8 Å². The number of fused-ring (bicyclic) bond motifs is 1. The molecule has 2 heterocycles. The second kappa shape index (κ2) is 8.23. The van der Waals surface area contributed by atoms with Crippen LogP contribution in [0.2, 0.25) is 10.0 Å².